The lowest BCUT2D eigenvalue weighted by molar-refractivity contribution is 0.399. The van der Waals surface area contributed by atoms with Gasteiger partial charge in [0.2, 0.25) is 23.5 Å². The SMILES string of the molecule is Cc1noc2cc3nc(c12)Oc1cc(O)cc(c1)Oc1cc2onc(C)c2c(n1)Oc1cc(O)cc(c1)O3. The fourth-order valence-corrected chi connectivity index (χ4v) is 4.16. The smallest absolute Gasteiger partial charge is 0.235 e. The Bertz CT molecular complexity index is 1760. The second-order valence-corrected chi connectivity index (χ2v) is 8.55. The topological polar surface area (TPSA) is 155 Å². The molecule has 0 atom stereocenters. The summed E-state index contributed by atoms with van der Waals surface area (Å²) in [5.74, 6) is 1.05. The van der Waals surface area contributed by atoms with Crippen molar-refractivity contribution in [2.45, 2.75) is 13.8 Å². The molecule has 1 aliphatic heterocycles. The minimum absolute atomic E-state index is 0.0984. The lowest BCUT2D eigenvalue weighted by atomic mass is 10.2. The van der Waals surface area contributed by atoms with E-state index >= 15 is 0 Å². The first-order valence-electron chi connectivity index (χ1n) is 11.3. The Morgan fingerprint density at radius 2 is 0.921 bits per heavy atom. The quantitative estimate of drug-likeness (QED) is 0.235. The van der Waals surface area contributed by atoms with Crippen LogP contribution in [0.25, 0.3) is 21.9 Å². The van der Waals surface area contributed by atoms with Crippen molar-refractivity contribution in [3.8, 4) is 58.0 Å². The molecule has 0 amide bonds. The van der Waals surface area contributed by atoms with Crippen LogP contribution in [0.3, 0.4) is 0 Å². The zero-order valence-electron chi connectivity index (χ0n) is 19.8. The summed E-state index contributed by atoms with van der Waals surface area (Å²) in [6, 6.07) is 11.8. The highest BCUT2D eigenvalue weighted by Gasteiger charge is 2.21. The van der Waals surface area contributed by atoms with Crippen molar-refractivity contribution in [2.24, 2.45) is 0 Å². The molecule has 1 aliphatic rings. The fourth-order valence-electron chi connectivity index (χ4n) is 4.16. The summed E-state index contributed by atoms with van der Waals surface area (Å²) in [6.07, 6.45) is 0. The molecule has 0 spiro atoms. The molecule has 12 nitrogen and oxygen atoms in total. The maximum atomic E-state index is 10.4. The average molecular weight is 512 g/mol. The number of aromatic hydroxyl groups is 2. The van der Waals surface area contributed by atoms with Gasteiger partial charge in [0.25, 0.3) is 0 Å². The molecular weight excluding hydrogens is 496 g/mol. The fraction of sp³-hybridized carbons (Fsp3) is 0.0769. The van der Waals surface area contributed by atoms with Crippen molar-refractivity contribution in [3.63, 3.8) is 0 Å². The summed E-state index contributed by atoms with van der Waals surface area (Å²) in [5, 5.41) is 29.8. The van der Waals surface area contributed by atoms with E-state index in [0.29, 0.717) is 33.3 Å². The molecule has 2 aromatic carbocycles. The number of phenolic OH excluding ortho intramolecular Hbond substituents is 2. The van der Waals surface area contributed by atoms with Crippen molar-refractivity contribution in [2.75, 3.05) is 0 Å². The number of phenols is 2. The van der Waals surface area contributed by atoms with Crippen LogP contribution in [0.1, 0.15) is 11.4 Å². The number of pyridine rings is 2. The van der Waals surface area contributed by atoms with Gasteiger partial charge in [-0.25, -0.2) is 0 Å². The number of ether oxygens (including phenoxy) is 4. The zero-order chi connectivity index (χ0) is 26.0. The molecule has 38 heavy (non-hydrogen) atoms. The van der Waals surface area contributed by atoms with Crippen LogP contribution in [-0.4, -0.2) is 30.5 Å². The summed E-state index contributed by atoms with van der Waals surface area (Å²) in [4.78, 5) is 8.95. The van der Waals surface area contributed by atoms with Crippen LogP contribution in [0.2, 0.25) is 0 Å². The highest BCUT2D eigenvalue weighted by Crippen LogP contribution is 2.41. The Labute approximate surface area is 212 Å². The lowest BCUT2D eigenvalue weighted by Crippen LogP contribution is -1.97. The third-order valence-corrected chi connectivity index (χ3v) is 5.74. The Morgan fingerprint density at radius 3 is 1.34 bits per heavy atom. The van der Waals surface area contributed by atoms with Crippen LogP contribution < -0.4 is 18.9 Å². The highest BCUT2D eigenvalue weighted by molar-refractivity contribution is 5.86. The molecule has 0 radical (unpaired) electrons. The van der Waals surface area contributed by atoms with E-state index in [1.807, 2.05) is 0 Å². The monoisotopic (exact) mass is 512 g/mol. The van der Waals surface area contributed by atoms with Crippen LogP contribution in [0, 0.1) is 13.8 Å². The number of hydrogen-bond acceptors (Lipinski definition) is 12. The largest absolute Gasteiger partial charge is 0.508 e. The van der Waals surface area contributed by atoms with Gasteiger partial charge < -0.3 is 38.2 Å². The van der Waals surface area contributed by atoms with E-state index in [-0.39, 0.29) is 58.0 Å². The van der Waals surface area contributed by atoms with Gasteiger partial charge in [-0.1, -0.05) is 10.3 Å². The zero-order valence-corrected chi connectivity index (χ0v) is 19.8. The van der Waals surface area contributed by atoms with E-state index < -0.39 is 0 Å². The first-order chi connectivity index (χ1) is 18.4. The van der Waals surface area contributed by atoms with Gasteiger partial charge >= 0.3 is 0 Å². The second kappa shape index (κ2) is 8.00. The lowest BCUT2D eigenvalue weighted by Gasteiger charge is -2.14. The van der Waals surface area contributed by atoms with Gasteiger partial charge in [-0.15, -0.1) is 0 Å². The molecule has 8 bridgehead atoms. The van der Waals surface area contributed by atoms with Gasteiger partial charge in [-0.2, -0.15) is 9.97 Å². The van der Waals surface area contributed by atoms with Gasteiger partial charge in [0.15, 0.2) is 11.2 Å². The van der Waals surface area contributed by atoms with Crippen LogP contribution in [0.4, 0.5) is 0 Å². The summed E-state index contributed by atoms with van der Waals surface area (Å²) in [6.45, 7) is 3.49. The van der Waals surface area contributed by atoms with Crippen LogP contribution >= 0.6 is 0 Å². The molecule has 6 aromatic rings. The number of aryl methyl sites for hydroxylation is 2. The molecule has 5 heterocycles. The predicted octanol–water partition coefficient (Wildman–Crippen LogP) is 6.27. The van der Waals surface area contributed by atoms with E-state index in [4.69, 9.17) is 28.0 Å². The Kier molecular flexibility index (Phi) is 4.57. The van der Waals surface area contributed by atoms with Gasteiger partial charge in [0.05, 0.1) is 11.4 Å². The van der Waals surface area contributed by atoms with Crippen molar-refractivity contribution in [3.05, 3.63) is 59.9 Å². The molecule has 2 N–H and O–H groups in total. The van der Waals surface area contributed by atoms with E-state index in [1.54, 1.807) is 38.1 Å². The van der Waals surface area contributed by atoms with Crippen LogP contribution in [-0.2, 0) is 0 Å². The summed E-state index contributed by atoms with van der Waals surface area (Å²) >= 11 is 0. The number of aromatic nitrogens is 4. The molecule has 12 heteroatoms. The molecule has 0 fully saturated rings. The molecular formula is C26H16N4O8. The van der Waals surface area contributed by atoms with Crippen molar-refractivity contribution in [1.29, 1.82) is 0 Å². The van der Waals surface area contributed by atoms with E-state index in [9.17, 15) is 10.2 Å². The summed E-state index contributed by atoms with van der Waals surface area (Å²) in [5.41, 5.74) is 1.81. The van der Waals surface area contributed by atoms with Crippen molar-refractivity contribution < 1.29 is 38.2 Å². The first kappa shape index (κ1) is 21.7. The summed E-state index contributed by atoms with van der Waals surface area (Å²) < 4.78 is 34.8. The molecule has 0 aliphatic carbocycles. The van der Waals surface area contributed by atoms with Crippen LogP contribution in [0.5, 0.6) is 58.0 Å². The number of hydrogen-bond donors (Lipinski definition) is 2. The molecule has 7 rings (SSSR count). The third-order valence-electron chi connectivity index (χ3n) is 5.74. The number of rotatable bonds is 0. The maximum Gasteiger partial charge on any atom is 0.235 e. The first-order valence-corrected chi connectivity index (χ1v) is 11.3. The average Bonchev–Trinajstić information content (AvgIpc) is 3.40. The van der Waals surface area contributed by atoms with Crippen LogP contribution in [0.15, 0.2) is 57.6 Å². The Hall–Kier alpha value is -5.52. The van der Waals surface area contributed by atoms with E-state index in [0.717, 1.165) is 0 Å². The minimum atomic E-state index is -0.122. The van der Waals surface area contributed by atoms with Gasteiger partial charge in [0.1, 0.15) is 45.3 Å². The molecule has 4 aromatic heterocycles. The number of fused-ring (bicyclic) bond motifs is 12. The van der Waals surface area contributed by atoms with Gasteiger partial charge in [-0.3, -0.25) is 0 Å². The summed E-state index contributed by atoms with van der Waals surface area (Å²) in [7, 11) is 0. The molecule has 188 valence electrons. The Balaban J connectivity index is 1.46. The van der Waals surface area contributed by atoms with Gasteiger partial charge in [0, 0.05) is 48.5 Å². The standard InChI is InChI=1S/C26H16N4O8/c1-11-23-19(37-29-11)9-21-27-25(23)35-17-5-13(31)3-15(7-17)34-22-10-20-24(12(2)30-38-20)26(28-22)36-18-6-14(32)4-16(8-18)33-21/h3-10,31-32H,1-2H3. The normalized spacial score (nSPS) is 12.5. The predicted molar refractivity (Wildman–Crippen MR) is 130 cm³/mol. The molecule has 0 unspecified atom stereocenters. The Morgan fingerprint density at radius 1 is 0.526 bits per heavy atom. The number of benzene rings is 2. The second-order valence-electron chi connectivity index (χ2n) is 8.55. The molecule has 0 saturated heterocycles. The highest BCUT2D eigenvalue weighted by atomic mass is 16.5. The minimum Gasteiger partial charge on any atom is -0.508 e. The number of nitrogens with zero attached hydrogens (tertiary/aromatic N) is 4. The van der Waals surface area contributed by atoms with Crippen molar-refractivity contribution >= 4 is 21.9 Å². The van der Waals surface area contributed by atoms with E-state index in [2.05, 4.69) is 20.3 Å². The maximum absolute atomic E-state index is 10.4. The third kappa shape index (κ3) is 3.71. The molecule has 0 saturated carbocycles. The van der Waals surface area contributed by atoms with Crippen molar-refractivity contribution in [1.82, 2.24) is 20.3 Å². The van der Waals surface area contributed by atoms with Gasteiger partial charge in [-0.05, 0) is 13.8 Å². The van der Waals surface area contributed by atoms with E-state index in [1.165, 1.54) is 24.3 Å².